The lowest BCUT2D eigenvalue weighted by atomic mass is 9.81. The molecular weight excluding hydrogens is 482 g/mol. The minimum absolute atomic E-state index is 0.158. The van der Waals surface area contributed by atoms with Gasteiger partial charge in [-0.15, -0.1) is 0 Å². The number of fused-ring (bicyclic) bond motifs is 4. The maximum absolute atomic E-state index is 12.3. The number of benzene rings is 2. The van der Waals surface area contributed by atoms with Crippen LogP contribution in [0, 0.1) is 5.92 Å². The van der Waals surface area contributed by atoms with Crippen LogP contribution >= 0.6 is 0 Å². The number of carboxylic acid groups (broad SMARTS) is 1. The number of aromatic nitrogens is 2. The van der Waals surface area contributed by atoms with Gasteiger partial charge in [-0.25, -0.2) is 9.78 Å². The van der Waals surface area contributed by atoms with Gasteiger partial charge in [-0.2, -0.15) is 0 Å². The van der Waals surface area contributed by atoms with E-state index in [1.807, 2.05) is 0 Å². The number of hydrogen-bond acceptors (Lipinski definition) is 5. The molecule has 2 aliphatic heterocycles. The maximum atomic E-state index is 12.3. The number of carboxylic acids is 1. The summed E-state index contributed by atoms with van der Waals surface area (Å²) in [6, 6.07) is 11.1. The molecule has 3 aromatic rings. The number of ether oxygens (including phenoxy) is 2. The summed E-state index contributed by atoms with van der Waals surface area (Å²) in [5, 5.41) is 9.53. The molecule has 1 fully saturated rings. The van der Waals surface area contributed by atoms with Crippen molar-refractivity contribution in [3.05, 3.63) is 58.4 Å². The molecular formula is C30H35N3O5. The highest BCUT2D eigenvalue weighted by atomic mass is 16.5. The van der Waals surface area contributed by atoms with Crippen molar-refractivity contribution in [1.82, 2.24) is 14.5 Å². The highest BCUT2D eigenvalue weighted by Gasteiger charge is 2.32. The van der Waals surface area contributed by atoms with Crippen molar-refractivity contribution in [2.24, 2.45) is 5.92 Å². The van der Waals surface area contributed by atoms with Gasteiger partial charge in [0.15, 0.2) is 0 Å². The van der Waals surface area contributed by atoms with Crippen LogP contribution in [0.4, 0.5) is 4.79 Å². The second kappa shape index (κ2) is 9.97. The predicted octanol–water partition coefficient (Wildman–Crippen LogP) is 5.26. The Morgan fingerprint density at radius 3 is 2.71 bits per heavy atom. The summed E-state index contributed by atoms with van der Waals surface area (Å²) in [5.41, 5.74) is 6.92. The van der Waals surface area contributed by atoms with Crippen LogP contribution in [0.5, 0.6) is 5.75 Å². The number of hydrogen-bond donors (Lipinski definition) is 1. The Bertz CT molecular complexity index is 1390. The first-order chi connectivity index (χ1) is 18.4. The summed E-state index contributed by atoms with van der Waals surface area (Å²) in [5.74, 6) is 1.29. The van der Waals surface area contributed by atoms with Gasteiger partial charge in [-0.05, 0) is 74.3 Å². The molecule has 1 atom stereocenters. The smallest absolute Gasteiger partial charge is 0.409 e. The molecule has 0 spiro atoms. The van der Waals surface area contributed by atoms with Crippen LogP contribution < -0.4 is 4.74 Å². The first-order valence-electron chi connectivity index (χ1n) is 13.8. The van der Waals surface area contributed by atoms with Crippen LogP contribution in [0.3, 0.4) is 0 Å². The van der Waals surface area contributed by atoms with E-state index in [0.29, 0.717) is 25.9 Å². The van der Waals surface area contributed by atoms with Gasteiger partial charge in [0.05, 0.1) is 37.2 Å². The molecule has 0 bridgehead atoms. The summed E-state index contributed by atoms with van der Waals surface area (Å²) in [6.45, 7) is 4.12. The molecule has 0 radical (unpaired) electrons. The molecule has 1 N–H and O–H groups in total. The van der Waals surface area contributed by atoms with E-state index in [2.05, 4.69) is 41.8 Å². The Balaban J connectivity index is 1.39. The van der Waals surface area contributed by atoms with Crippen molar-refractivity contribution in [3.8, 4) is 5.75 Å². The van der Waals surface area contributed by atoms with E-state index in [4.69, 9.17) is 14.5 Å². The molecule has 0 saturated heterocycles. The van der Waals surface area contributed by atoms with Gasteiger partial charge in [0.1, 0.15) is 11.6 Å². The normalized spacial score (nSPS) is 21.5. The second-order valence-electron chi connectivity index (χ2n) is 11.0. The third-order valence-electron chi connectivity index (χ3n) is 8.69. The summed E-state index contributed by atoms with van der Waals surface area (Å²) in [6.07, 6.45) is 5.27. The van der Waals surface area contributed by atoms with Gasteiger partial charge in [-0.3, -0.25) is 4.79 Å². The minimum atomic E-state index is -0.692. The molecule has 1 aromatic heterocycles. The molecule has 0 unspecified atom stereocenters. The fraction of sp³-hybridized carbons (Fsp3) is 0.500. The van der Waals surface area contributed by atoms with Crippen molar-refractivity contribution >= 4 is 23.1 Å². The Morgan fingerprint density at radius 1 is 1.13 bits per heavy atom. The molecule has 1 aliphatic carbocycles. The van der Waals surface area contributed by atoms with E-state index in [-0.39, 0.29) is 24.0 Å². The molecule has 200 valence electrons. The number of imidazole rings is 1. The Labute approximate surface area is 222 Å². The van der Waals surface area contributed by atoms with Crippen LogP contribution in [0.15, 0.2) is 30.3 Å². The Morgan fingerprint density at radius 2 is 1.95 bits per heavy atom. The molecule has 1 amide bonds. The number of methoxy groups -OCH3 is 1. The summed E-state index contributed by atoms with van der Waals surface area (Å²) >= 11 is 0. The van der Waals surface area contributed by atoms with Gasteiger partial charge in [0.2, 0.25) is 0 Å². The Kier molecular flexibility index (Phi) is 6.50. The molecule has 8 heteroatoms. The maximum Gasteiger partial charge on any atom is 0.409 e. The van der Waals surface area contributed by atoms with Gasteiger partial charge in [0, 0.05) is 30.5 Å². The van der Waals surface area contributed by atoms with Crippen LogP contribution in [-0.2, 0) is 35.3 Å². The third kappa shape index (κ3) is 4.40. The van der Waals surface area contributed by atoms with E-state index in [1.54, 1.807) is 4.90 Å². The zero-order chi connectivity index (χ0) is 26.4. The van der Waals surface area contributed by atoms with Crippen LogP contribution in [-0.4, -0.2) is 51.9 Å². The molecule has 2 aromatic carbocycles. The van der Waals surface area contributed by atoms with Gasteiger partial charge in [0.25, 0.3) is 0 Å². The monoisotopic (exact) mass is 517 g/mol. The number of rotatable bonds is 5. The average Bonchev–Trinajstić information content (AvgIpc) is 3.57. The highest BCUT2D eigenvalue weighted by molar-refractivity contribution is 5.82. The molecule has 38 heavy (non-hydrogen) atoms. The topological polar surface area (TPSA) is 93.9 Å². The van der Waals surface area contributed by atoms with Crippen LogP contribution in [0.1, 0.15) is 72.6 Å². The van der Waals surface area contributed by atoms with Crippen molar-refractivity contribution in [3.63, 3.8) is 0 Å². The first kappa shape index (κ1) is 24.8. The van der Waals surface area contributed by atoms with E-state index >= 15 is 0 Å². The number of nitrogens with zero attached hydrogens (tertiary/aromatic N) is 3. The number of carbonyl (C=O) groups is 2. The van der Waals surface area contributed by atoms with E-state index < -0.39 is 5.97 Å². The quantitative estimate of drug-likeness (QED) is 0.496. The molecule has 6 rings (SSSR count). The van der Waals surface area contributed by atoms with E-state index in [9.17, 15) is 14.7 Å². The van der Waals surface area contributed by atoms with Crippen molar-refractivity contribution in [2.45, 2.75) is 70.4 Å². The average molecular weight is 518 g/mol. The summed E-state index contributed by atoms with van der Waals surface area (Å²) in [4.78, 5) is 30.9. The first-order valence-corrected chi connectivity index (χ1v) is 13.8. The lowest BCUT2D eigenvalue weighted by Gasteiger charge is -2.28. The highest BCUT2D eigenvalue weighted by Crippen LogP contribution is 2.40. The van der Waals surface area contributed by atoms with Crippen molar-refractivity contribution < 1.29 is 24.2 Å². The lowest BCUT2D eigenvalue weighted by molar-refractivity contribution is -0.142. The fourth-order valence-electron chi connectivity index (χ4n) is 6.65. The minimum Gasteiger partial charge on any atom is -0.493 e. The SMILES string of the molecule is COC(=O)N1CCc2ccc3c(nc(C4CCC(C(=O)O)CC4)n3[C@@H](C)Cc3ccc4c(c3)CCO4)c2C1. The number of amides is 1. The fourth-order valence-corrected chi connectivity index (χ4v) is 6.65. The van der Waals surface area contributed by atoms with Crippen molar-refractivity contribution in [2.75, 3.05) is 20.3 Å². The zero-order valence-corrected chi connectivity index (χ0v) is 22.1. The molecule has 8 nitrogen and oxygen atoms in total. The summed E-state index contributed by atoms with van der Waals surface area (Å²) < 4.78 is 13.1. The third-order valence-corrected chi connectivity index (χ3v) is 8.69. The van der Waals surface area contributed by atoms with E-state index in [0.717, 1.165) is 66.9 Å². The van der Waals surface area contributed by atoms with Gasteiger partial charge < -0.3 is 24.0 Å². The zero-order valence-electron chi connectivity index (χ0n) is 22.1. The molecule has 3 heterocycles. The second-order valence-corrected chi connectivity index (χ2v) is 11.0. The standard InChI is InChI=1S/C30H35N3O5/c1-18(15-19-3-10-26-23(16-19)12-14-38-26)33-25-9-8-20-11-13-32(30(36)37-2)17-24(20)27(25)31-28(33)21-4-6-22(7-5-21)29(34)35/h3,8-10,16,18,21-22H,4-7,11-15,17H2,1-2H3,(H,34,35)/t18-,21?,22?/m0/s1. The van der Waals surface area contributed by atoms with Gasteiger partial charge in [-0.1, -0.05) is 18.2 Å². The number of aliphatic carboxylic acids is 1. The van der Waals surface area contributed by atoms with E-state index in [1.165, 1.54) is 23.8 Å². The molecule has 3 aliphatic rings. The van der Waals surface area contributed by atoms with Crippen LogP contribution in [0.2, 0.25) is 0 Å². The van der Waals surface area contributed by atoms with Gasteiger partial charge >= 0.3 is 12.1 Å². The van der Waals surface area contributed by atoms with Crippen LogP contribution in [0.25, 0.3) is 11.0 Å². The molecule has 1 saturated carbocycles. The summed E-state index contributed by atoms with van der Waals surface area (Å²) in [7, 11) is 1.42. The Hall–Kier alpha value is -3.55. The predicted molar refractivity (Wildman–Crippen MR) is 143 cm³/mol. The largest absolute Gasteiger partial charge is 0.493 e. The lowest BCUT2D eigenvalue weighted by Crippen LogP contribution is -2.35. The van der Waals surface area contributed by atoms with Crippen molar-refractivity contribution in [1.29, 1.82) is 0 Å². The number of carbonyl (C=O) groups excluding carboxylic acids is 1.